The second-order valence-electron chi connectivity index (χ2n) is 6.66. The molecule has 0 radical (unpaired) electrons. The molecule has 0 fully saturated rings. The maximum absolute atomic E-state index is 4.75. The van der Waals surface area contributed by atoms with E-state index in [1.54, 1.807) is 6.20 Å². The van der Waals surface area contributed by atoms with Crippen LogP contribution in [-0.4, -0.2) is 27.3 Å². The van der Waals surface area contributed by atoms with Crippen molar-refractivity contribution in [2.45, 2.75) is 40.4 Å². The van der Waals surface area contributed by atoms with Gasteiger partial charge < -0.3 is 10.6 Å². The van der Waals surface area contributed by atoms with Crippen molar-refractivity contribution in [1.29, 1.82) is 0 Å². The first kappa shape index (κ1) is 22.9. The molecule has 0 aliphatic carbocycles. The van der Waals surface area contributed by atoms with Gasteiger partial charge in [0.25, 0.3) is 0 Å². The van der Waals surface area contributed by atoms with Gasteiger partial charge in [-0.2, -0.15) is 5.10 Å². The van der Waals surface area contributed by atoms with Crippen LogP contribution in [-0.2, 0) is 19.6 Å². The van der Waals surface area contributed by atoms with Gasteiger partial charge in [0.15, 0.2) is 5.96 Å². The van der Waals surface area contributed by atoms with Gasteiger partial charge in [0.05, 0.1) is 31.0 Å². The predicted octanol–water partition coefficient (Wildman–Crippen LogP) is 3.82. The molecule has 2 N–H and O–H groups in total. The van der Waals surface area contributed by atoms with Gasteiger partial charge in [-0.3, -0.25) is 9.67 Å². The quantitative estimate of drug-likeness (QED) is 0.292. The van der Waals surface area contributed by atoms with Crippen LogP contribution in [0.25, 0.3) is 0 Å². The topological polar surface area (TPSA) is 67.1 Å². The third-order valence-electron chi connectivity index (χ3n) is 4.61. The average Bonchev–Trinajstić information content (AvgIpc) is 2.98. The van der Waals surface area contributed by atoms with Crippen LogP contribution in [0, 0.1) is 13.8 Å². The normalized spacial score (nSPS) is 11.1. The lowest BCUT2D eigenvalue weighted by molar-refractivity contribution is 0.658. The zero-order valence-corrected chi connectivity index (χ0v) is 19.6. The Hall–Kier alpha value is -2.42. The maximum Gasteiger partial charge on any atom is 0.191 e. The molecule has 0 bridgehead atoms. The van der Waals surface area contributed by atoms with Crippen LogP contribution < -0.4 is 10.6 Å². The molecule has 0 atom stereocenters. The zero-order valence-electron chi connectivity index (χ0n) is 17.2. The molecule has 0 aliphatic heterocycles. The summed E-state index contributed by atoms with van der Waals surface area (Å²) in [6, 6.07) is 16.3. The fraction of sp³-hybridized carbons (Fsp3) is 0.318. The van der Waals surface area contributed by atoms with Crippen LogP contribution in [0.1, 0.15) is 35.1 Å². The highest BCUT2D eigenvalue weighted by Crippen LogP contribution is 2.16. The Morgan fingerprint density at radius 3 is 2.48 bits per heavy atom. The SMILES string of the molecule is CCNC(=NCc1c(C)nn(Cc2ccccc2)c1C)NCc1ccccn1.I. The van der Waals surface area contributed by atoms with E-state index in [2.05, 4.69) is 58.4 Å². The smallest absolute Gasteiger partial charge is 0.191 e. The molecule has 154 valence electrons. The first-order chi connectivity index (χ1) is 13.7. The molecule has 29 heavy (non-hydrogen) atoms. The standard InChI is InChI=1S/C22H28N6.HI/c1-4-23-22(25-14-20-12-8-9-13-24-20)26-15-21-17(2)27-28(18(21)3)16-19-10-6-5-7-11-19;/h5-13H,4,14-16H2,1-3H3,(H2,23,25,26);1H. The lowest BCUT2D eigenvalue weighted by Crippen LogP contribution is -2.37. The average molecular weight is 504 g/mol. The molecule has 7 heteroatoms. The fourth-order valence-electron chi connectivity index (χ4n) is 3.05. The Morgan fingerprint density at radius 2 is 1.79 bits per heavy atom. The Labute approximate surface area is 189 Å². The number of aromatic nitrogens is 3. The van der Waals surface area contributed by atoms with Crippen molar-refractivity contribution in [2.24, 2.45) is 4.99 Å². The number of rotatable bonds is 7. The van der Waals surface area contributed by atoms with E-state index in [1.807, 2.05) is 31.2 Å². The summed E-state index contributed by atoms with van der Waals surface area (Å²) in [6.07, 6.45) is 1.80. The second kappa shape index (κ2) is 11.5. The first-order valence-electron chi connectivity index (χ1n) is 9.66. The van der Waals surface area contributed by atoms with E-state index in [0.29, 0.717) is 13.1 Å². The van der Waals surface area contributed by atoms with Crippen LogP contribution in [0.5, 0.6) is 0 Å². The van der Waals surface area contributed by atoms with Crippen LogP contribution in [0.3, 0.4) is 0 Å². The van der Waals surface area contributed by atoms with E-state index in [0.717, 1.165) is 36.1 Å². The van der Waals surface area contributed by atoms with E-state index < -0.39 is 0 Å². The fourth-order valence-corrected chi connectivity index (χ4v) is 3.05. The monoisotopic (exact) mass is 504 g/mol. The molecule has 0 aliphatic rings. The largest absolute Gasteiger partial charge is 0.357 e. The van der Waals surface area contributed by atoms with Crippen LogP contribution in [0.4, 0.5) is 0 Å². The van der Waals surface area contributed by atoms with Gasteiger partial charge in [0.2, 0.25) is 0 Å². The van der Waals surface area contributed by atoms with Gasteiger partial charge in [-0.15, -0.1) is 24.0 Å². The van der Waals surface area contributed by atoms with E-state index in [9.17, 15) is 0 Å². The minimum absolute atomic E-state index is 0. The van der Waals surface area contributed by atoms with Crippen molar-refractivity contribution in [2.75, 3.05) is 6.54 Å². The molecule has 0 saturated carbocycles. The van der Waals surface area contributed by atoms with Crippen molar-refractivity contribution in [3.8, 4) is 0 Å². The highest BCUT2D eigenvalue weighted by Gasteiger charge is 2.12. The highest BCUT2D eigenvalue weighted by atomic mass is 127. The summed E-state index contributed by atoms with van der Waals surface area (Å²) in [5, 5.41) is 11.4. The Kier molecular flexibility index (Phi) is 9.11. The lowest BCUT2D eigenvalue weighted by atomic mass is 10.2. The van der Waals surface area contributed by atoms with Gasteiger partial charge in [-0.1, -0.05) is 36.4 Å². The second-order valence-corrected chi connectivity index (χ2v) is 6.66. The summed E-state index contributed by atoms with van der Waals surface area (Å²) in [6.45, 7) is 9.03. The molecule has 3 rings (SSSR count). The Bertz CT molecular complexity index is 906. The summed E-state index contributed by atoms with van der Waals surface area (Å²) in [5.41, 5.74) is 5.58. The van der Waals surface area contributed by atoms with E-state index in [1.165, 1.54) is 11.1 Å². The molecular weight excluding hydrogens is 475 g/mol. The van der Waals surface area contributed by atoms with E-state index in [4.69, 9.17) is 10.1 Å². The molecule has 0 unspecified atom stereocenters. The van der Waals surface area contributed by atoms with Gasteiger partial charge in [0, 0.05) is 24.0 Å². The lowest BCUT2D eigenvalue weighted by Gasteiger charge is -2.11. The van der Waals surface area contributed by atoms with Crippen molar-refractivity contribution in [3.05, 3.63) is 82.9 Å². The van der Waals surface area contributed by atoms with Crippen molar-refractivity contribution in [3.63, 3.8) is 0 Å². The third-order valence-corrected chi connectivity index (χ3v) is 4.61. The van der Waals surface area contributed by atoms with Gasteiger partial charge >= 0.3 is 0 Å². The molecule has 2 aromatic heterocycles. The van der Waals surface area contributed by atoms with E-state index >= 15 is 0 Å². The number of aryl methyl sites for hydroxylation is 1. The van der Waals surface area contributed by atoms with Gasteiger partial charge in [0.1, 0.15) is 0 Å². The molecule has 0 saturated heterocycles. The molecule has 0 spiro atoms. The van der Waals surface area contributed by atoms with E-state index in [-0.39, 0.29) is 24.0 Å². The molecule has 1 aromatic carbocycles. The summed E-state index contributed by atoms with van der Waals surface area (Å²) < 4.78 is 2.06. The molecule has 6 nitrogen and oxygen atoms in total. The number of nitrogens with one attached hydrogen (secondary N) is 2. The van der Waals surface area contributed by atoms with Crippen molar-refractivity contribution >= 4 is 29.9 Å². The number of hydrogen-bond acceptors (Lipinski definition) is 3. The summed E-state index contributed by atoms with van der Waals surface area (Å²) in [5.74, 6) is 0.780. The number of halogens is 1. The minimum Gasteiger partial charge on any atom is -0.357 e. The van der Waals surface area contributed by atoms with Crippen molar-refractivity contribution < 1.29 is 0 Å². The van der Waals surface area contributed by atoms with Crippen LogP contribution in [0.2, 0.25) is 0 Å². The van der Waals surface area contributed by atoms with Crippen LogP contribution >= 0.6 is 24.0 Å². The molecular formula is C22H29IN6. The number of guanidine groups is 1. The third kappa shape index (κ3) is 6.56. The molecule has 3 aromatic rings. The minimum atomic E-state index is 0. The molecule has 2 heterocycles. The summed E-state index contributed by atoms with van der Waals surface area (Å²) in [7, 11) is 0. The zero-order chi connectivity index (χ0) is 19.8. The maximum atomic E-state index is 4.75. The predicted molar refractivity (Wildman–Crippen MR) is 129 cm³/mol. The van der Waals surface area contributed by atoms with Crippen molar-refractivity contribution in [1.82, 2.24) is 25.4 Å². The number of benzene rings is 1. The number of aliphatic imine (C=N–C) groups is 1. The Morgan fingerprint density at radius 1 is 1.03 bits per heavy atom. The summed E-state index contributed by atoms with van der Waals surface area (Å²) in [4.78, 5) is 9.10. The number of nitrogens with zero attached hydrogens (tertiary/aromatic N) is 4. The van der Waals surface area contributed by atoms with Gasteiger partial charge in [-0.25, -0.2) is 4.99 Å². The Balaban J connectivity index is 0.00000300. The molecule has 0 amide bonds. The number of pyridine rings is 1. The van der Waals surface area contributed by atoms with Crippen LogP contribution in [0.15, 0.2) is 59.7 Å². The highest BCUT2D eigenvalue weighted by molar-refractivity contribution is 14.0. The summed E-state index contributed by atoms with van der Waals surface area (Å²) >= 11 is 0. The van der Waals surface area contributed by atoms with Gasteiger partial charge in [-0.05, 0) is 38.5 Å². The number of hydrogen-bond donors (Lipinski definition) is 2. The first-order valence-corrected chi connectivity index (χ1v) is 9.66.